The van der Waals surface area contributed by atoms with Crippen molar-refractivity contribution < 1.29 is 4.74 Å². The van der Waals surface area contributed by atoms with Gasteiger partial charge >= 0.3 is 0 Å². The van der Waals surface area contributed by atoms with Gasteiger partial charge in [0.1, 0.15) is 5.75 Å². The molecule has 120 valence electrons. The number of rotatable bonds is 2. The number of aryl methyl sites for hydroxylation is 1. The molecule has 2 heterocycles. The summed E-state index contributed by atoms with van der Waals surface area (Å²) in [4.78, 5) is 7.86. The van der Waals surface area contributed by atoms with E-state index in [1.165, 1.54) is 0 Å². The lowest BCUT2D eigenvalue weighted by molar-refractivity contribution is 0.415. The number of nitrogens with one attached hydrogen (secondary N) is 1. The SMILES string of the molecule is COc1ccc(-c2cc(Cl)cc3c2[nH]c2c(C)nccc23)cc1Cl. The molecule has 5 heteroatoms. The number of fused-ring (bicyclic) bond motifs is 3. The summed E-state index contributed by atoms with van der Waals surface area (Å²) in [6.45, 7) is 1.99. The number of hydrogen-bond acceptors (Lipinski definition) is 2. The largest absolute Gasteiger partial charge is 0.495 e. The van der Waals surface area contributed by atoms with Gasteiger partial charge in [0, 0.05) is 27.6 Å². The number of nitrogens with zero attached hydrogens (tertiary/aromatic N) is 1. The second kappa shape index (κ2) is 5.69. The second-order valence-electron chi connectivity index (χ2n) is 5.67. The van der Waals surface area contributed by atoms with Crippen molar-refractivity contribution in [2.24, 2.45) is 0 Å². The number of H-pyrrole nitrogens is 1. The van der Waals surface area contributed by atoms with Crippen LogP contribution in [0.5, 0.6) is 5.75 Å². The minimum Gasteiger partial charge on any atom is -0.495 e. The van der Waals surface area contributed by atoms with Gasteiger partial charge in [-0.25, -0.2) is 0 Å². The first-order valence-electron chi connectivity index (χ1n) is 7.49. The first kappa shape index (κ1) is 15.3. The van der Waals surface area contributed by atoms with Gasteiger partial charge in [0.15, 0.2) is 0 Å². The summed E-state index contributed by atoms with van der Waals surface area (Å²) in [6, 6.07) is 11.7. The number of aromatic amines is 1. The first-order valence-corrected chi connectivity index (χ1v) is 8.24. The summed E-state index contributed by atoms with van der Waals surface area (Å²) in [5.41, 5.74) is 4.98. The van der Waals surface area contributed by atoms with Crippen LogP contribution in [0.25, 0.3) is 32.9 Å². The Morgan fingerprint density at radius 3 is 2.58 bits per heavy atom. The molecule has 0 fully saturated rings. The van der Waals surface area contributed by atoms with Crippen molar-refractivity contribution in [2.45, 2.75) is 6.92 Å². The monoisotopic (exact) mass is 356 g/mol. The standard InChI is InChI=1S/C19H14Cl2N2O/c1-10-18-13(5-6-22-10)15-9-12(20)8-14(19(15)23-18)11-3-4-17(24-2)16(21)7-11/h3-9,23H,1-2H3. The van der Waals surface area contributed by atoms with Gasteiger partial charge in [-0.15, -0.1) is 0 Å². The van der Waals surface area contributed by atoms with Crippen LogP contribution in [0.3, 0.4) is 0 Å². The Kier molecular flexibility index (Phi) is 3.63. The van der Waals surface area contributed by atoms with Crippen LogP contribution >= 0.6 is 23.2 Å². The van der Waals surface area contributed by atoms with E-state index in [1.807, 2.05) is 49.5 Å². The maximum Gasteiger partial charge on any atom is 0.137 e. The van der Waals surface area contributed by atoms with Crippen LogP contribution in [-0.2, 0) is 0 Å². The highest BCUT2D eigenvalue weighted by Crippen LogP contribution is 2.38. The predicted octanol–water partition coefficient (Wildman–Crippen LogP) is 6.01. The molecule has 0 aliphatic carbocycles. The third-order valence-electron chi connectivity index (χ3n) is 4.25. The summed E-state index contributed by atoms with van der Waals surface area (Å²) in [5, 5.41) is 3.43. The fourth-order valence-electron chi connectivity index (χ4n) is 3.09. The third kappa shape index (κ3) is 2.32. The van der Waals surface area contributed by atoms with E-state index in [9.17, 15) is 0 Å². The summed E-state index contributed by atoms with van der Waals surface area (Å²) in [5.74, 6) is 0.648. The number of hydrogen-bond donors (Lipinski definition) is 1. The van der Waals surface area contributed by atoms with Crippen LogP contribution in [0.2, 0.25) is 10.0 Å². The fraction of sp³-hybridized carbons (Fsp3) is 0.105. The molecule has 0 bridgehead atoms. The Morgan fingerprint density at radius 1 is 1.00 bits per heavy atom. The number of ether oxygens (including phenoxy) is 1. The molecule has 0 saturated heterocycles. The van der Waals surface area contributed by atoms with Gasteiger partial charge in [-0.1, -0.05) is 29.3 Å². The summed E-state index contributed by atoms with van der Waals surface area (Å²) in [6.07, 6.45) is 1.82. The molecule has 2 aromatic carbocycles. The van der Waals surface area contributed by atoms with E-state index in [2.05, 4.69) is 9.97 Å². The topological polar surface area (TPSA) is 37.9 Å². The summed E-state index contributed by atoms with van der Waals surface area (Å²) < 4.78 is 5.24. The number of pyridine rings is 1. The lowest BCUT2D eigenvalue weighted by Crippen LogP contribution is -1.86. The molecule has 0 saturated carbocycles. The van der Waals surface area contributed by atoms with E-state index in [0.29, 0.717) is 15.8 Å². The minimum atomic E-state index is 0.567. The molecule has 0 aliphatic rings. The number of benzene rings is 2. The maximum absolute atomic E-state index is 6.38. The van der Waals surface area contributed by atoms with Crippen molar-refractivity contribution in [3.63, 3.8) is 0 Å². The molecule has 0 amide bonds. The molecule has 3 nitrogen and oxygen atoms in total. The average molecular weight is 357 g/mol. The molecule has 4 aromatic rings. The van der Waals surface area contributed by atoms with Gasteiger partial charge in [-0.3, -0.25) is 4.98 Å². The Bertz CT molecular complexity index is 1090. The van der Waals surface area contributed by atoms with E-state index in [-0.39, 0.29) is 0 Å². The smallest absolute Gasteiger partial charge is 0.137 e. The van der Waals surface area contributed by atoms with Gasteiger partial charge in [0.2, 0.25) is 0 Å². The lowest BCUT2D eigenvalue weighted by atomic mass is 10.0. The normalized spacial score (nSPS) is 11.3. The molecule has 0 radical (unpaired) electrons. The Labute approximate surface area is 149 Å². The predicted molar refractivity (Wildman–Crippen MR) is 100 cm³/mol. The molecule has 0 atom stereocenters. The Morgan fingerprint density at radius 2 is 1.83 bits per heavy atom. The zero-order valence-corrected chi connectivity index (χ0v) is 14.7. The van der Waals surface area contributed by atoms with E-state index in [4.69, 9.17) is 27.9 Å². The quantitative estimate of drug-likeness (QED) is 0.477. The highest BCUT2D eigenvalue weighted by Gasteiger charge is 2.14. The van der Waals surface area contributed by atoms with Crippen LogP contribution in [-0.4, -0.2) is 17.1 Å². The zero-order valence-electron chi connectivity index (χ0n) is 13.2. The maximum atomic E-state index is 6.38. The van der Waals surface area contributed by atoms with E-state index < -0.39 is 0 Å². The molecule has 2 aromatic heterocycles. The highest BCUT2D eigenvalue weighted by atomic mass is 35.5. The van der Waals surface area contributed by atoms with Gasteiger partial charge in [-0.2, -0.15) is 0 Å². The van der Waals surface area contributed by atoms with Crippen molar-refractivity contribution >= 4 is 45.0 Å². The van der Waals surface area contributed by atoms with Crippen LogP contribution < -0.4 is 4.74 Å². The molecular formula is C19H14Cl2N2O. The number of halogens is 2. The van der Waals surface area contributed by atoms with Gasteiger partial charge < -0.3 is 9.72 Å². The van der Waals surface area contributed by atoms with Crippen LogP contribution in [0, 0.1) is 6.92 Å². The van der Waals surface area contributed by atoms with Crippen molar-refractivity contribution in [3.05, 3.63) is 58.3 Å². The minimum absolute atomic E-state index is 0.567. The van der Waals surface area contributed by atoms with Crippen LogP contribution in [0.4, 0.5) is 0 Å². The van der Waals surface area contributed by atoms with Crippen molar-refractivity contribution in [1.29, 1.82) is 0 Å². The molecule has 0 spiro atoms. The summed E-state index contributed by atoms with van der Waals surface area (Å²) in [7, 11) is 1.60. The molecule has 4 rings (SSSR count). The lowest BCUT2D eigenvalue weighted by Gasteiger charge is -2.08. The fourth-order valence-corrected chi connectivity index (χ4v) is 3.57. The van der Waals surface area contributed by atoms with Crippen molar-refractivity contribution in [2.75, 3.05) is 7.11 Å². The molecule has 24 heavy (non-hydrogen) atoms. The molecule has 0 unspecified atom stereocenters. The first-order chi connectivity index (χ1) is 11.6. The van der Waals surface area contributed by atoms with E-state index in [1.54, 1.807) is 7.11 Å². The van der Waals surface area contributed by atoms with Gasteiger partial charge in [-0.05, 0) is 42.8 Å². The van der Waals surface area contributed by atoms with Gasteiger partial charge in [0.05, 0.1) is 28.9 Å². The van der Waals surface area contributed by atoms with Crippen molar-refractivity contribution in [3.8, 4) is 16.9 Å². The average Bonchev–Trinajstić information content (AvgIpc) is 2.94. The van der Waals surface area contributed by atoms with E-state index >= 15 is 0 Å². The summed E-state index contributed by atoms with van der Waals surface area (Å²) >= 11 is 12.7. The highest BCUT2D eigenvalue weighted by molar-refractivity contribution is 6.33. The zero-order chi connectivity index (χ0) is 16.8. The number of aromatic nitrogens is 2. The van der Waals surface area contributed by atoms with E-state index in [0.717, 1.165) is 38.6 Å². The Hall–Kier alpha value is -2.23. The van der Waals surface area contributed by atoms with Crippen LogP contribution in [0.15, 0.2) is 42.6 Å². The van der Waals surface area contributed by atoms with Crippen molar-refractivity contribution in [1.82, 2.24) is 9.97 Å². The molecule has 0 aliphatic heterocycles. The molecular weight excluding hydrogens is 343 g/mol. The third-order valence-corrected chi connectivity index (χ3v) is 4.76. The Balaban J connectivity index is 2.07. The molecule has 1 N–H and O–H groups in total. The van der Waals surface area contributed by atoms with Gasteiger partial charge in [0.25, 0.3) is 0 Å². The van der Waals surface area contributed by atoms with Crippen LogP contribution in [0.1, 0.15) is 5.69 Å². The second-order valence-corrected chi connectivity index (χ2v) is 6.51. The number of methoxy groups -OCH3 is 1.